The van der Waals surface area contributed by atoms with Crippen molar-refractivity contribution < 1.29 is 9.22 Å². The number of Topliss-reactive ketones (excluding diaryl/α,β-unsaturated/α-hetero) is 1. The molecule has 2 rings (SSSR count). The van der Waals surface area contributed by atoms with Crippen LogP contribution in [-0.4, -0.2) is 20.7 Å². The van der Waals surface area contributed by atoms with Crippen LogP contribution in [0.5, 0.6) is 0 Å². The first kappa shape index (κ1) is 16.7. The van der Waals surface area contributed by atoms with Crippen LogP contribution in [0.2, 0.25) is 18.1 Å². The fraction of sp³-hybridized carbons (Fsp3) is 0.722. The summed E-state index contributed by atoms with van der Waals surface area (Å²) in [6, 6.07) is 0. The highest BCUT2D eigenvalue weighted by Gasteiger charge is 2.52. The molecule has 2 aliphatic carbocycles. The Kier molecular flexibility index (Phi) is 4.13. The zero-order valence-electron chi connectivity index (χ0n) is 14.3. The average Bonchev–Trinajstić information content (AvgIpc) is 2.68. The van der Waals surface area contributed by atoms with Gasteiger partial charge < -0.3 is 4.43 Å². The van der Waals surface area contributed by atoms with E-state index in [1.807, 2.05) is 6.08 Å². The molecule has 21 heavy (non-hydrogen) atoms. The molecule has 0 saturated heterocycles. The maximum atomic E-state index is 12.5. The smallest absolute Gasteiger partial charge is 0.192 e. The highest BCUT2D eigenvalue weighted by atomic mass is 28.4. The van der Waals surface area contributed by atoms with E-state index in [-0.39, 0.29) is 15.9 Å². The summed E-state index contributed by atoms with van der Waals surface area (Å²) in [5.41, 5.74) is -0.205. The average molecular weight is 307 g/mol. The van der Waals surface area contributed by atoms with Gasteiger partial charge in [0.2, 0.25) is 0 Å². The van der Waals surface area contributed by atoms with Crippen LogP contribution in [0.4, 0.5) is 0 Å². The lowest BCUT2D eigenvalue weighted by Gasteiger charge is -2.42. The van der Waals surface area contributed by atoms with Crippen LogP contribution >= 0.6 is 0 Å². The molecular formula is C18H30O2Si. The third-order valence-corrected chi connectivity index (χ3v) is 10.4. The lowest BCUT2D eigenvalue weighted by molar-refractivity contribution is -0.132. The molecule has 1 fully saturated rings. The van der Waals surface area contributed by atoms with Gasteiger partial charge in [0.05, 0.1) is 12.0 Å². The van der Waals surface area contributed by atoms with Gasteiger partial charge in [0.15, 0.2) is 8.32 Å². The van der Waals surface area contributed by atoms with E-state index in [1.165, 1.54) is 0 Å². The maximum absolute atomic E-state index is 12.5. The minimum Gasteiger partial charge on any atom is -0.415 e. The quantitative estimate of drug-likeness (QED) is 0.534. The van der Waals surface area contributed by atoms with E-state index < -0.39 is 8.32 Å². The van der Waals surface area contributed by atoms with Crippen molar-refractivity contribution in [2.75, 3.05) is 6.61 Å². The number of rotatable bonds is 5. The van der Waals surface area contributed by atoms with E-state index in [1.54, 1.807) is 0 Å². The molecule has 0 aromatic carbocycles. The molecule has 118 valence electrons. The summed E-state index contributed by atoms with van der Waals surface area (Å²) >= 11 is 0. The molecule has 0 radical (unpaired) electrons. The van der Waals surface area contributed by atoms with Gasteiger partial charge in [-0.2, -0.15) is 0 Å². The molecule has 2 atom stereocenters. The predicted octanol–water partition coefficient (Wildman–Crippen LogP) is 4.88. The van der Waals surface area contributed by atoms with Crippen molar-refractivity contribution in [1.82, 2.24) is 0 Å². The maximum Gasteiger partial charge on any atom is 0.192 e. The largest absolute Gasteiger partial charge is 0.415 e. The summed E-state index contributed by atoms with van der Waals surface area (Å²) in [6.45, 7) is 15.7. The summed E-state index contributed by atoms with van der Waals surface area (Å²) in [6.07, 6.45) is 9.95. The third kappa shape index (κ3) is 2.95. The van der Waals surface area contributed by atoms with Gasteiger partial charge in [-0.05, 0) is 42.8 Å². The van der Waals surface area contributed by atoms with E-state index in [4.69, 9.17) is 4.43 Å². The molecule has 2 bridgehead atoms. The number of allylic oxidation sites excluding steroid dienone is 2. The summed E-state index contributed by atoms with van der Waals surface area (Å²) in [5, 5.41) is 0.182. The lowest BCUT2D eigenvalue weighted by Crippen LogP contribution is -2.47. The van der Waals surface area contributed by atoms with Gasteiger partial charge in [-0.15, -0.1) is 6.58 Å². The Morgan fingerprint density at radius 3 is 2.62 bits per heavy atom. The van der Waals surface area contributed by atoms with Crippen LogP contribution in [0, 0.1) is 10.8 Å². The van der Waals surface area contributed by atoms with Crippen LogP contribution in [0.25, 0.3) is 0 Å². The standard InChI is InChI=1S/C18H30O2Si/c1-7-9-17-10-8-15(19)18(13-17,12-11-17)14-20-21(5,6)16(2,3)4/h7,11-12H,1,8-10,13-14H2,2-6H3/t17-,18+/m0/s1. The SMILES string of the molecule is C=CC[C@]12C=C[C@](CO[Si](C)(C)C(C)(C)C)(C1)C(=O)CC2. The summed E-state index contributed by atoms with van der Waals surface area (Å²) in [4.78, 5) is 12.5. The zero-order chi connectivity index (χ0) is 15.9. The fourth-order valence-electron chi connectivity index (χ4n) is 3.29. The minimum absolute atomic E-state index is 0.159. The lowest BCUT2D eigenvalue weighted by atomic mass is 9.66. The first-order valence-electron chi connectivity index (χ1n) is 8.05. The Labute approximate surface area is 130 Å². The van der Waals surface area contributed by atoms with Crippen molar-refractivity contribution in [2.24, 2.45) is 10.8 Å². The van der Waals surface area contributed by atoms with Crippen LogP contribution < -0.4 is 0 Å². The summed E-state index contributed by atoms with van der Waals surface area (Å²) in [7, 11) is -1.81. The second-order valence-corrected chi connectivity index (χ2v) is 13.3. The molecule has 0 N–H and O–H groups in total. The van der Waals surface area contributed by atoms with Crippen LogP contribution in [0.15, 0.2) is 24.8 Å². The first-order chi connectivity index (χ1) is 9.56. The van der Waals surface area contributed by atoms with Gasteiger partial charge in [-0.3, -0.25) is 4.79 Å². The van der Waals surface area contributed by atoms with Crippen LogP contribution in [0.3, 0.4) is 0 Å². The van der Waals surface area contributed by atoms with Crippen molar-refractivity contribution in [1.29, 1.82) is 0 Å². The summed E-state index contributed by atoms with van der Waals surface area (Å²) < 4.78 is 6.39. The predicted molar refractivity (Wildman–Crippen MR) is 90.8 cm³/mol. The highest BCUT2D eigenvalue weighted by Crippen LogP contribution is 2.54. The van der Waals surface area contributed by atoms with Gasteiger partial charge in [0, 0.05) is 6.42 Å². The fourth-order valence-corrected chi connectivity index (χ4v) is 4.34. The zero-order valence-corrected chi connectivity index (χ0v) is 15.3. The summed E-state index contributed by atoms with van der Waals surface area (Å²) in [5.74, 6) is 0.370. The Morgan fingerprint density at radius 2 is 2.05 bits per heavy atom. The van der Waals surface area contributed by atoms with E-state index in [0.717, 1.165) is 19.3 Å². The van der Waals surface area contributed by atoms with Crippen LogP contribution in [0.1, 0.15) is 46.5 Å². The molecule has 0 aliphatic heterocycles. The molecular weight excluding hydrogens is 276 g/mol. The first-order valence-corrected chi connectivity index (χ1v) is 11.0. The molecule has 0 aromatic heterocycles. The Morgan fingerprint density at radius 1 is 1.38 bits per heavy atom. The van der Waals surface area contributed by atoms with Crippen molar-refractivity contribution >= 4 is 14.1 Å². The van der Waals surface area contributed by atoms with Gasteiger partial charge in [-0.25, -0.2) is 0 Å². The third-order valence-electron chi connectivity index (χ3n) is 5.88. The molecule has 3 heteroatoms. The van der Waals surface area contributed by atoms with Crippen molar-refractivity contribution in [3.63, 3.8) is 0 Å². The van der Waals surface area contributed by atoms with Crippen molar-refractivity contribution in [3.8, 4) is 0 Å². The Balaban J connectivity index is 2.14. The Bertz CT molecular complexity index is 472. The van der Waals surface area contributed by atoms with Gasteiger partial charge in [0.1, 0.15) is 5.78 Å². The monoisotopic (exact) mass is 306 g/mol. The number of ketones is 1. The molecule has 0 unspecified atom stereocenters. The second-order valence-electron chi connectivity index (χ2n) is 8.49. The number of hydrogen-bond donors (Lipinski definition) is 0. The highest BCUT2D eigenvalue weighted by molar-refractivity contribution is 6.74. The minimum atomic E-state index is -1.81. The van der Waals surface area contributed by atoms with E-state index in [9.17, 15) is 4.79 Å². The second kappa shape index (κ2) is 5.20. The van der Waals surface area contributed by atoms with Gasteiger partial charge in [-0.1, -0.05) is 39.0 Å². The van der Waals surface area contributed by atoms with Crippen molar-refractivity contribution in [2.45, 2.75) is 64.6 Å². The van der Waals surface area contributed by atoms with Gasteiger partial charge in [0.25, 0.3) is 0 Å². The Hall–Kier alpha value is -0.673. The van der Waals surface area contributed by atoms with Crippen molar-refractivity contribution in [3.05, 3.63) is 24.8 Å². The number of hydrogen-bond acceptors (Lipinski definition) is 2. The molecule has 0 heterocycles. The van der Waals surface area contributed by atoms with Gasteiger partial charge >= 0.3 is 0 Å². The number of carbonyl (C=O) groups is 1. The molecule has 2 nitrogen and oxygen atoms in total. The van der Waals surface area contributed by atoms with E-state index in [2.05, 4.69) is 52.6 Å². The topological polar surface area (TPSA) is 26.3 Å². The number of fused-ring (bicyclic) bond motifs is 2. The van der Waals surface area contributed by atoms with E-state index >= 15 is 0 Å². The van der Waals surface area contributed by atoms with E-state index in [0.29, 0.717) is 18.8 Å². The molecule has 0 aromatic rings. The molecule has 2 aliphatic rings. The number of carbonyl (C=O) groups excluding carboxylic acids is 1. The normalized spacial score (nSPS) is 32.5. The molecule has 1 saturated carbocycles. The van der Waals surface area contributed by atoms with Crippen LogP contribution in [-0.2, 0) is 9.22 Å². The molecule has 0 spiro atoms. The molecule has 0 amide bonds.